The second-order valence-electron chi connectivity index (χ2n) is 7.24. The minimum atomic E-state index is -0.379. The van der Waals surface area contributed by atoms with Crippen LogP contribution >= 0.6 is 11.8 Å². The Morgan fingerprint density at radius 3 is 2.67 bits per heavy atom. The zero-order chi connectivity index (χ0) is 20.7. The maximum atomic E-state index is 11.8. The van der Waals surface area contributed by atoms with Crippen LogP contribution in [0, 0.1) is 6.92 Å². The molecular weight excluding hydrogens is 400 g/mol. The van der Waals surface area contributed by atoms with E-state index in [1.807, 2.05) is 61.5 Å². The first-order chi connectivity index (χ1) is 14.5. The first kappa shape index (κ1) is 18.7. The van der Waals surface area contributed by atoms with Crippen LogP contribution in [0.3, 0.4) is 0 Å². The van der Waals surface area contributed by atoms with Crippen LogP contribution in [0.1, 0.15) is 22.8 Å². The zero-order valence-electron chi connectivity index (χ0n) is 16.2. The van der Waals surface area contributed by atoms with Crippen LogP contribution in [0.2, 0.25) is 0 Å². The molecule has 0 spiro atoms. The number of benzene rings is 2. The van der Waals surface area contributed by atoms with Crippen LogP contribution in [0.25, 0.3) is 22.4 Å². The molecular formula is C23H18N2O4S. The summed E-state index contributed by atoms with van der Waals surface area (Å²) in [6.45, 7) is 1.90. The van der Waals surface area contributed by atoms with Crippen molar-refractivity contribution in [3.63, 3.8) is 0 Å². The van der Waals surface area contributed by atoms with Gasteiger partial charge in [-0.1, -0.05) is 36.0 Å². The Morgan fingerprint density at radius 2 is 1.90 bits per heavy atom. The monoisotopic (exact) mass is 418 g/mol. The van der Waals surface area contributed by atoms with Gasteiger partial charge in [-0.15, -0.1) is 0 Å². The van der Waals surface area contributed by atoms with Gasteiger partial charge in [0.15, 0.2) is 0 Å². The number of carbonyl (C=O) groups excluding carboxylic acids is 2. The predicted molar refractivity (Wildman–Crippen MR) is 114 cm³/mol. The number of nitrogens with zero attached hydrogens (tertiary/aromatic N) is 1. The summed E-state index contributed by atoms with van der Waals surface area (Å²) in [5.41, 5.74) is 3.54. The highest BCUT2D eigenvalue weighted by Gasteiger charge is 2.31. The summed E-state index contributed by atoms with van der Waals surface area (Å²) in [5, 5.41) is 2.62. The summed E-state index contributed by atoms with van der Waals surface area (Å²) in [4.78, 5) is 27.8. The fourth-order valence-electron chi connectivity index (χ4n) is 3.56. The van der Waals surface area contributed by atoms with Gasteiger partial charge in [0.25, 0.3) is 5.24 Å². The Hall–Kier alpha value is -3.32. The van der Waals surface area contributed by atoms with Crippen LogP contribution in [-0.4, -0.2) is 21.4 Å². The molecule has 1 unspecified atom stereocenters. The molecule has 0 radical (unpaired) electrons. The fraction of sp³-hybridized carbons (Fsp3) is 0.174. The summed E-state index contributed by atoms with van der Waals surface area (Å²) in [7, 11) is 0. The molecule has 2 aromatic heterocycles. The maximum Gasteiger partial charge on any atom is 0.286 e. The highest BCUT2D eigenvalue weighted by molar-refractivity contribution is 8.15. The van der Waals surface area contributed by atoms with Crippen LogP contribution in [0.5, 0.6) is 0 Å². The van der Waals surface area contributed by atoms with Gasteiger partial charge in [0.1, 0.15) is 17.1 Å². The van der Waals surface area contributed by atoms with Crippen molar-refractivity contribution in [2.45, 2.75) is 25.0 Å². The van der Waals surface area contributed by atoms with Crippen LogP contribution in [0.15, 0.2) is 63.4 Å². The molecule has 1 N–H and O–H groups in total. The third kappa shape index (κ3) is 3.64. The van der Waals surface area contributed by atoms with Gasteiger partial charge in [-0.3, -0.25) is 14.9 Å². The second kappa shape index (κ2) is 7.50. The Balaban J connectivity index is 1.36. The van der Waals surface area contributed by atoms with Crippen molar-refractivity contribution in [3.05, 3.63) is 77.4 Å². The molecule has 0 saturated carbocycles. The first-order valence-electron chi connectivity index (χ1n) is 9.60. The molecule has 0 aliphatic carbocycles. The van der Waals surface area contributed by atoms with Crippen molar-refractivity contribution < 1.29 is 18.4 Å². The standard InChI is InChI=1S/C23H18N2O4S/c1-13-18(24-22(28-13)15-5-3-2-4-6-15)12-17-11-16-9-14(7-8-19(16)29-17)10-20-21(26)25-23(27)30-20/h2-9,11,20H,10,12H2,1H3,(H,25,26,27). The smallest absolute Gasteiger partial charge is 0.286 e. The third-order valence-electron chi connectivity index (χ3n) is 5.07. The summed E-state index contributed by atoms with van der Waals surface area (Å²) in [6.07, 6.45) is 1.03. The van der Waals surface area contributed by atoms with Crippen LogP contribution in [-0.2, 0) is 17.6 Å². The number of oxazole rings is 1. The van der Waals surface area contributed by atoms with Crippen molar-refractivity contribution in [1.29, 1.82) is 0 Å². The lowest BCUT2D eigenvalue weighted by Gasteiger charge is -2.04. The van der Waals surface area contributed by atoms with E-state index in [0.717, 1.165) is 51.1 Å². The highest BCUT2D eigenvalue weighted by Crippen LogP contribution is 2.28. The molecule has 150 valence electrons. The SMILES string of the molecule is Cc1oc(-c2ccccc2)nc1Cc1cc2cc(CC3SC(=O)NC3=O)ccc2o1. The van der Waals surface area contributed by atoms with Gasteiger partial charge in [-0.05, 0) is 49.2 Å². The molecule has 2 amide bonds. The number of hydrogen-bond donors (Lipinski definition) is 1. The molecule has 5 rings (SSSR count). The number of thioether (sulfide) groups is 1. The largest absolute Gasteiger partial charge is 0.461 e. The van der Waals surface area contributed by atoms with Crippen molar-refractivity contribution in [2.24, 2.45) is 0 Å². The van der Waals surface area contributed by atoms with Gasteiger partial charge in [-0.2, -0.15) is 0 Å². The highest BCUT2D eigenvalue weighted by atomic mass is 32.2. The second-order valence-corrected chi connectivity index (χ2v) is 8.41. The number of hydrogen-bond acceptors (Lipinski definition) is 6. The molecule has 2 aromatic carbocycles. The topological polar surface area (TPSA) is 85.3 Å². The predicted octanol–water partition coefficient (Wildman–Crippen LogP) is 4.88. The van der Waals surface area contributed by atoms with E-state index in [1.165, 1.54) is 0 Å². The Bertz CT molecular complexity index is 1260. The molecule has 3 heterocycles. The van der Waals surface area contributed by atoms with Gasteiger partial charge < -0.3 is 8.83 Å². The summed E-state index contributed by atoms with van der Waals surface area (Å²) < 4.78 is 11.8. The molecule has 1 aliphatic heterocycles. The molecule has 1 aliphatic rings. The van der Waals surface area contributed by atoms with Gasteiger partial charge in [0.05, 0.1) is 17.4 Å². The summed E-state index contributed by atoms with van der Waals surface area (Å²) in [5.74, 6) is 1.93. The average molecular weight is 418 g/mol. The fourth-order valence-corrected chi connectivity index (χ4v) is 4.42. The van der Waals surface area contributed by atoms with Gasteiger partial charge >= 0.3 is 0 Å². The molecule has 30 heavy (non-hydrogen) atoms. The average Bonchev–Trinajstić information content (AvgIpc) is 3.39. The quantitative estimate of drug-likeness (QED) is 0.497. The molecule has 0 bridgehead atoms. The van der Waals surface area contributed by atoms with E-state index in [2.05, 4.69) is 10.3 Å². The van der Waals surface area contributed by atoms with Gasteiger partial charge in [-0.25, -0.2) is 4.98 Å². The lowest BCUT2D eigenvalue weighted by atomic mass is 10.1. The van der Waals surface area contributed by atoms with Crippen molar-refractivity contribution >= 4 is 33.9 Å². The number of imide groups is 1. The van der Waals surface area contributed by atoms with E-state index in [-0.39, 0.29) is 16.4 Å². The molecule has 1 saturated heterocycles. The lowest BCUT2D eigenvalue weighted by molar-refractivity contribution is -0.118. The van der Waals surface area contributed by atoms with Crippen molar-refractivity contribution in [1.82, 2.24) is 10.3 Å². The van der Waals surface area contributed by atoms with E-state index in [1.54, 1.807) is 0 Å². The first-order valence-corrected chi connectivity index (χ1v) is 10.5. The van der Waals surface area contributed by atoms with E-state index in [4.69, 9.17) is 8.83 Å². The summed E-state index contributed by atoms with van der Waals surface area (Å²) in [6, 6.07) is 17.6. The molecule has 1 atom stereocenters. The number of furan rings is 1. The third-order valence-corrected chi connectivity index (χ3v) is 6.06. The number of amides is 2. The van der Waals surface area contributed by atoms with Gasteiger partial charge in [0, 0.05) is 10.9 Å². The number of nitrogens with one attached hydrogen (secondary N) is 1. The van der Waals surface area contributed by atoms with Crippen molar-refractivity contribution in [3.8, 4) is 11.5 Å². The Labute approximate surface area is 176 Å². The zero-order valence-corrected chi connectivity index (χ0v) is 17.0. The molecule has 4 aromatic rings. The Kier molecular flexibility index (Phi) is 4.67. The molecule has 1 fully saturated rings. The number of carbonyl (C=O) groups is 2. The molecule has 7 heteroatoms. The normalized spacial score (nSPS) is 16.4. The number of aromatic nitrogens is 1. The molecule has 6 nitrogen and oxygen atoms in total. The minimum absolute atomic E-state index is 0.228. The lowest BCUT2D eigenvalue weighted by Crippen LogP contribution is -2.25. The Morgan fingerprint density at radius 1 is 1.07 bits per heavy atom. The van der Waals surface area contributed by atoms with E-state index in [9.17, 15) is 9.59 Å². The van der Waals surface area contributed by atoms with E-state index in [0.29, 0.717) is 18.7 Å². The number of rotatable bonds is 5. The van der Waals surface area contributed by atoms with Crippen LogP contribution < -0.4 is 5.32 Å². The summed E-state index contributed by atoms with van der Waals surface area (Å²) >= 11 is 1.04. The van der Waals surface area contributed by atoms with Crippen molar-refractivity contribution in [2.75, 3.05) is 0 Å². The minimum Gasteiger partial charge on any atom is -0.461 e. The van der Waals surface area contributed by atoms with Gasteiger partial charge in [0.2, 0.25) is 11.8 Å². The number of aryl methyl sites for hydroxylation is 1. The van der Waals surface area contributed by atoms with E-state index < -0.39 is 0 Å². The number of fused-ring (bicyclic) bond motifs is 1. The van der Waals surface area contributed by atoms with E-state index >= 15 is 0 Å². The maximum absolute atomic E-state index is 11.8. The van der Waals surface area contributed by atoms with Crippen LogP contribution in [0.4, 0.5) is 4.79 Å².